The van der Waals surface area contributed by atoms with Gasteiger partial charge in [-0.1, -0.05) is 24.3 Å². The molecule has 3 aromatic rings. The molecule has 1 saturated heterocycles. The molecule has 0 saturated carbocycles. The van der Waals surface area contributed by atoms with E-state index in [1.807, 2.05) is 4.98 Å². The van der Waals surface area contributed by atoms with Gasteiger partial charge in [-0.3, -0.25) is 9.78 Å². The molecule has 0 spiro atoms. The topological polar surface area (TPSA) is 198 Å². The number of hydrogen-bond acceptors (Lipinski definition) is 11. The smallest absolute Gasteiger partial charge is 0.332 e. The van der Waals surface area contributed by atoms with Gasteiger partial charge >= 0.3 is 11.6 Å². The van der Waals surface area contributed by atoms with E-state index >= 15 is 0 Å². The molecule has 1 fully saturated rings. The molecule has 14 heteroatoms. The molecule has 1 aromatic heterocycles. The molecule has 37 heavy (non-hydrogen) atoms. The number of phenols is 1. The molecule has 0 bridgehead atoms. The summed E-state index contributed by atoms with van der Waals surface area (Å²) >= 11 is 0. The van der Waals surface area contributed by atoms with Crippen molar-refractivity contribution in [1.82, 2.24) is 14.6 Å². The van der Waals surface area contributed by atoms with Gasteiger partial charge < -0.3 is 40.2 Å². The van der Waals surface area contributed by atoms with E-state index in [1.165, 1.54) is 43.5 Å². The van der Waals surface area contributed by atoms with E-state index in [9.17, 15) is 44.7 Å². The number of ether oxygens (including phenoxy) is 2. The second-order valence-electron chi connectivity index (χ2n) is 8.33. The van der Waals surface area contributed by atoms with Crippen LogP contribution in [0.3, 0.4) is 0 Å². The van der Waals surface area contributed by atoms with E-state index in [1.54, 1.807) is 0 Å². The van der Waals surface area contributed by atoms with Crippen LogP contribution in [-0.2, 0) is 17.2 Å². The first-order valence-corrected chi connectivity index (χ1v) is 10.8. The van der Waals surface area contributed by atoms with Gasteiger partial charge in [0, 0.05) is 11.8 Å². The summed E-state index contributed by atoms with van der Waals surface area (Å²) < 4.78 is 24.9. The number of nitrogens with zero attached hydrogens (tertiary/aromatic N) is 2. The molecule has 198 valence electrons. The first-order chi connectivity index (χ1) is 17.5. The lowest BCUT2D eigenvalue weighted by atomic mass is 9.99. The molecule has 2 aromatic carbocycles. The summed E-state index contributed by atoms with van der Waals surface area (Å²) in [6.45, 7) is -1.60. The fourth-order valence-electron chi connectivity index (χ4n) is 4.19. The van der Waals surface area contributed by atoms with Crippen molar-refractivity contribution in [2.45, 2.75) is 30.4 Å². The number of benzene rings is 2. The molecule has 4 atom stereocenters. The number of methoxy groups -OCH3 is 1. The number of phenolic OH excluding ortho intramolecular Hbond substituents is 1. The van der Waals surface area contributed by atoms with Crippen molar-refractivity contribution in [3.05, 3.63) is 80.9 Å². The van der Waals surface area contributed by atoms with Crippen LogP contribution in [0.1, 0.15) is 5.56 Å². The number of halogens is 1. The fraction of sp³-hybridized carbons (Fsp3) is 0.304. The summed E-state index contributed by atoms with van der Waals surface area (Å²) in [7, 11) is 1.28. The molecule has 13 nitrogen and oxygen atoms in total. The Balaban J connectivity index is 1.86. The normalized spacial score (nSPS) is 25.5. The Morgan fingerprint density at radius 2 is 1.89 bits per heavy atom. The number of aliphatic hydroxyl groups excluding tert-OH is 2. The number of hydrogen-bond donors (Lipinski definition) is 7. The van der Waals surface area contributed by atoms with Crippen molar-refractivity contribution >= 4 is 0 Å². The fourth-order valence-corrected chi connectivity index (χ4v) is 4.19. The summed E-state index contributed by atoms with van der Waals surface area (Å²) in [5.41, 5.74) is -6.14. The number of nitrogens with one attached hydrogen (secondary N) is 1. The van der Waals surface area contributed by atoms with Crippen molar-refractivity contribution in [2.75, 3.05) is 13.7 Å². The molecule has 7 N–H and O–H groups in total. The van der Waals surface area contributed by atoms with Crippen molar-refractivity contribution in [1.29, 1.82) is 0 Å². The second-order valence-corrected chi connectivity index (χ2v) is 8.33. The minimum atomic E-state index is -3.32. The Bertz CT molecular complexity index is 1430. The van der Waals surface area contributed by atoms with Gasteiger partial charge in [-0.2, -0.15) is 0 Å². The molecule has 1 aliphatic heterocycles. The van der Waals surface area contributed by atoms with Crippen LogP contribution in [0.2, 0.25) is 0 Å². The minimum Gasteiger partial charge on any atom is -0.504 e. The number of aromatic nitrogens is 2. The number of aromatic amines is 1. The third-order valence-electron chi connectivity index (χ3n) is 6.14. The molecular formula is C23H24FN3O10. The largest absolute Gasteiger partial charge is 0.504 e. The first kappa shape index (κ1) is 26.4. The van der Waals surface area contributed by atoms with E-state index in [2.05, 4.69) is 0 Å². The standard InChI is InChI=1S/C23H24FN3O10/c1-36-17-8-12(6-7-16(17)29)9-27(35)22(33)19(30)18(11-28)37-23(22,34)26-10-14(20(31)25-21(26)32)13-4-2-3-5-15(13)24/h2-8,10,18-19,28-30,33-35H,9,11H2,1H3,(H,25,31,32)/t18-,19-,22-,23-/m1/s1. The summed E-state index contributed by atoms with van der Waals surface area (Å²) in [6, 6.07) is 8.89. The van der Waals surface area contributed by atoms with E-state index in [0.717, 1.165) is 6.07 Å². The Hall–Kier alpha value is -3.63. The summed E-state index contributed by atoms with van der Waals surface area (Å²) in [6.07, 6.45) is -3.26. The highest BCUT2D eigenvalue weighted by molar-refractivity contribution is 5.62. The Kier molecular flexibility index (Phi) is 6.91. The third-order valence-corrected chi connectivity index (χ3v) is 6.14. The first-order valence-electron chi connectivity index (χ1n) is 10.8. The van der Waals surface area contributed by atoms with Crippen molar-refractivity contribution < 1.29 is 44.6 Å². The number of H-pyrrole nitrogens is 1. The van der Waals surface area contributed by atoms with Gasteiger partial charge in [0.05, 0.1) is 25.8 Å². The molecule has 0 radical (unpaired) electrons. The lowest BCUT2D eigenvalue weighted by molar-refractivity contribution is -0.413. The SMILES string of the molecule is COc1cc(CN(O)[C@@]2(O)[C@H](O)[C@@H](CO)O[C@@]2(O)n2cc(-c3ccccc3F)c(=O)[nH]c2=O)ccc1O. The van der Waals surface area contributed by atoms with Crippen molar-refractivity contribution in [2.24, 2.45) is 0 Å². The van der Waals surface area contributed by atoms with Crippen LogP contribution in [0.15, 0.2) is 58.3 Å². The zero-order valence-corrected chi connectivity index (χ0v) is 19.3. The highest BCUT2D eigenvalue weighted by atomic mass is 19.1. The molecule has 0 unspecified atom stereocenters. The predicted molar refractivity (Wildman–Crippen MR) is 122 cm³/mol. The molecule has 1 aliphatic rings. The van der Waals surface area contributed by atoms with Crippen LogP contribution in [0.25, 0.3) is 11.1 Å². The van der Waals surface area contributed by atoms with E-state index in [0.29, 0.717) is 6.20 Å². The quantitative estimate of drug-likeness (QED) is 0.149. The van der Waals surface area contributed by atoms with Crippen LogP contribution in [0.4, 0.5) is 4.39 Å². The van der Waals surface area contributed by atoms with E-state index in [4.69, 9.17) is 9.47 Å². The maximum Gasteiger partial charge on any atom is 0.332 e. The van der Waals surface area contributed by atoms with Gasteiger partial charge in [-0.15, -0.1) is 5.06 Å². The van der Waals surface area contributed by atoms with Gasteiger partial charge in [0.25, 0.3) is 5.56 Å². The van der Waals surface area contributed by atoms with Gasteiger partial charge in [0.2, 0.25) is 5.72 Å². The van der Waals surface area contributed by atoms with Gasteiger partial charge in [-0.05, 0) is 23.8 Å². The molecule has 0 aliphatic carbocycles. The number of rotatable bonds is 7. The molecular weight excluding hydrogens is 497 g/mol. The number of aliphatic hydroxyl groups is 4. The van der Waals surface area contributed by atoms with E-state index < -0.39 is 59.6 Å². The number of hydroxylamine groups is 2. The number of aromatic hydroxyl groups is 1. The van der Waals surface area contributed by atoms with Crippen LogP contribution in [0.5, 0.6) is 11.5 Å². The highest BCUT2D eigenvalue weighted by Crippen LogP contribution is 2.44. The van der Waals surface area contributed by atoms with Crippen LogP contribution in [-0.4, -0.2) is 77.0 Å². The van der Waals surface area contributed by atoms with Gasteiger partial charge in [0.15, 0.2) is 11.5 Å². The van der Waals surface area contributed by atoms with Gasteiger partial charge in [0.1, 0.15) is 18.0 Å². The maximum atomic E-state index is 14.4. The maximum absolute atomic E-state index is 14.4. The lowest BCUT2D eigenvalue weighted by Gasteiger charge is -2.42. The minimum absolute atomic E-state index is 0.0102. The predicted octanol–water partition coefficient (Wildman–Crippen LogP) is -1.01. The Morgan fingerprint density at radius 1 is 1.19 bits per heavy atom. The van der Waals surface area contributed by atoms with Crippen molar-refractivity contribution in [3.8, 4) is 22.6 Å². The molecule has 2 heterocycles. The van der Waals surface area contributed by atoms with Gasteiger partial charge in [-0.25, -0.2) is 13.8 Å². The summed E-state index contributed by atoms with van der Waals surface area (Å²) in [5.74, 6) is -4.38. The zero-order valence-electron chi connectivity index (χ0n) is 19.3. The van der Waals surface area contributed by atoms with Crippen LogP contribution >= 0.6 is 0 Å². The lowest BCUT2D eigenvalue weighted by Crippen LogP contribution is -2.68. The average molecular weight is 521 g/mol. The highest BCUT2D eigenvalue weighted by Gasteiger charge is 2.70. The monoisotopic (exact) mass is 521 g/mol. The Morgan fingerprint density at radius 3 is 2.54 bits per heavy atom. The second kappa shape index (κ2) is 9.68. The van der Waals surface area contributed by atoms with E-state index in [-0.39, 0.29) is 32.3 Å². The summed E-state index contributed by atoms with van der Waals surface area (Å²) in [5, 5.41) is 64.2. The zero-order chi connectivity index (χ0) is 27.1. The molecule has 4 rings (SSSR count). The third kappa shape index (κ3) is 4.19. The Labute approximate surface area is 207 Å². The average Bonchev–Trinajstić information content (AvgIpc) is 3.07. The van der Waals surface area contributed by atoms with Crippen LogP contribution in [0, 0.1) is 5.82 Å². The van der Waals surface area contributed by atoms with Crippen molar-refractivity contribution in [3.63, 3.8) is 0 Å². The van der Waals surface area contributed by atoms with Crippen LogP contribution < -0.4 is 16.0 Å². The molecule has 0 amide bonds. The summed E-state index contributed by atoms with van der Waals surface area (Å²) in [4.78, 5) is 27.1.